The minimum absolute atomic E-state index is 0.166. The largest absolute Gasteiger partial charge is 0.385 e. The summed E-state index contributed by atoms with van der Waals surface area (Å²) in [7, 11) is 1.64. The molecule has 2 N–H and O–H groups in total. The van der Waals surface area contributed by atoms with Gasteiger partial charge in [0.25, 0.3) is 5.56 Å². The van der Waals surface area contributed by atoms with Crippen molar-refractivity contribution >= 4 is 18.0 Å². The molecule has 0 unspecified atom stereocenters. The Kier molecular flexibility index (Phi) is 2.56. The number of hydrogen-bond donors (Lipinski definition) is 1. The van der Waals surface area contributed by atoms with Crippen LogP contribution < -0.4 is 11.3 Å². The summed E-state index contributed by atoms with van der Waals surface area (Å²) in [5.74, 6) is 0.420. The predicted molar refractivity (Wildman–Crippen MR) is 55.3 cm³/mol. The second-order valence-electron chi connectivity index (χ2n) is 3.21. The Bertz CT molecular complexity index is 430. The molecule has 13 heavy (non-hydrogen) atoms. The maximum Gasteiger partial charge on any atom is 0.256 e. The second kappa shape index (κ2) is 3.33. The van der Waals surface area contributed by atoms with Crippen molar-refractivity contribution in [1.29, 1.82) is 0 Å². The molecule has 1 aromatic heterocycles. The Hall–Kier alpha value is -1.10. The van der Waals surface area contributed by atoms with E-state index in [9.17, 15) is 4.79 Å². The molecule has 0 aliphatic rings. The highest BCUT2D eigenvalue weighted by Gasteiger charge is 2.05. The molecule has 5 heteroatoms. The van der Waals surface area contributed by atoms with Gasteiger partial charge in [-0.1, -0.05) is 0 Å². The van der Waals surface area contributed by atoms with Gasteiger partial charge >= 0.3 is 0 Å². The molecule has 0 spiro atoms. The SMILES string of the molecule is CC(C)n1c(N)cc(=O)n(C)c1=S. The topological polar surface area (TPSA) is 52.9 Å². The number of aromatic nitrogens is 2. The Morgan fingerprint density at radius 3 is 2.54 bits per heavy atom. The van der Waals surface area contributed by atoms with Gasteiger partial charge < -0.3 is 10.3 Å². The van der Waals surface area contributed by atoms with E-state index in [2.05, 4.69) is 0 Å². The smallest absolute Gasteiger partial charge is 0.256 e. The van der Waals surface area contributed by atoms with Crippen LogP contribution in [0.2, 0.25) is 0 Å². The van der Waals surface area contributed by atoms with Gasteiger partial charge in [0, 0.05) is 19.2 Å². The highest BCUT2D eigenvalue weighted by molar-refractivity contribution is 7.71. The van der Waals surface area contributed by atoms with E-state index in [4.69, 9.17) is 18.0 Å². The molecule has 0 aliphatic heterocycles. The van der Waals surface area contributed by atoms with Gasteiger partial charge in [0.05, 0.1) is 0 Å². The van der Waals surface area contributed by atoms with Gasteiger partial charge in [-0.2, -0.15) is 0 Å². The van der Waals surface area contributed by atoms with Gasteiger partial charge in [-0.15, -0.1) is 0 Å². The summed E-state index contributed by atoms with van der Waals surface area (Å²) >= 11 is 5.09. The number of rotatable bonds is 1. The third-order valence-electron chi connectivity index (χ3n) is 1.89. The third-order valence-corrected chi connectivity index (χ3v) is 2.36. The highest BCUT2D eigenvalue weighted by Crippen LogP contribution is 2.09. The van der Waals surface area contributed by atoms with E-state index in [0.29, 0.717) is 10.6 Å². The Morgan fingerprint density at radius 1 is 1.54 bits per heavy atom. The van der Waals surface area contributed by atoms with Crippen molar-refractivity contribution in [1.82, 2.24) is 9.13 Å². The fraction of sp³-hybridized carbons (Fsp3) is 0.500. The number of nitrogens with zero attached hydrogens (tertiary/aromatic N) is 2. The van der Waals surface area contributed by atoms with E-state index in [0.717, 1.165) is 0 Å². The summed E-state index contributed by atoms with van der Waals surface area (Å²) in [6.45, 7) is 3.94. The normalized spacial score (nSPS) is 10.8. The molecule has 0 saturated heterocycles. The quantitative estimate of drug-likeness (QED) is 0.688. The monoisotopic (exact) mass is 199 g/mol. The van der Waals surface area contributed by atoms with Crippen molar-refractivity contribution in [3.05, 3.63) is 21.2 Å². The van der Waals surface area contributed by atoms with Crippen LogP contribution in [-0.2, 0) is 7.05 Å². The van der Waals surface area contributed by atoms with Crippen molar-refractivity contribution in [3.8, 4) is 0 Å². The van der Waals surface area contributed by atoms with Crippen LogP contribution in [-0.4, -0.2) is 9.13 Å². The summed E-state index contributed by atoms with van der Waals surface area (Å²) in [6, 6.07) is 1.55. The molecule has 1 aromatic rings. The summed E-state index contributed by atoms with van der Waals surface area (Å²) in [5.41, 5.74) is 5.51. The fourth-order valence-electron chi connectivity index (χ4n) is 1.18. The van der Waals surface area contributed by atoms with Crippen LogP contribution >= 0.6 is 12.2 Å². The first kappa shape index (κ1) is 9.98. The maximum absolute atomic E-state index is 11.2. The van der Waals surface area contributed by atoms with Crippen molar-refractivity contribution in [2.24, 2.45) is 7.05 Å². The van der Waals surface area contributed by atoms with Gasteiger partial charge in [0.2, 0.25) is 0 Å². The van der Waals surface area contributed by atoms with Crippen LogP contribution in [0.25, 0.3) is 0 Å². The van der Waals surface area contributed by atoms with Crippen molar-refractivity contribution in [2.75, 3.05) is 5.73 Å². The second-order valence-corrected chi connectivity index (χ2v) is 3.58. The van der Waals surface area contributed by atoms with Gasteiger partial charge in [0.1, 0.15) is 5.82 Å². The lowest BCUT2D eigenvalue weighted by molar-refractivity contribution is 0.559. The van der Waals surface area contributed by atoms with E-state index < -0.39 is 0 Å². The minimum atomic E-state index is -0.167. The van der Waals surface area contributed by atoms with Crippen molar-refractivity contribution in [3.63, 3.8) is 0 Å². The molecule has 0 aliphatic carbocycles. The molecule has 0 bridgehead atoms. The molecule has 1 heterocycles. The standard InChI is InChI=1S/C8H13N3OS/c1-5(2)11-6(9)4-7(12)10(3)8(11)13/h4-5H,9H2,1-3H3. The summed E-state index contributed by atoms with van der Waals surface area (Å²) in [4.78, 5) is 11.2. The number of hydrogen-bond acceptors (Lipinski definition) is 3. The number of anilines is 1. The van der Waals surface area contributed by atoms with Crippen LogP contribution in [0.15, 0.2) is 10.9 Å². The van der Waals surface area contributed by atoms with Crippen molar-refractivity contribution < 1.29 is 0 Å². The lowest BCUT2D eigenvalue weighted by Crippen LogP contribution is -2.24. The average molecular weight is 199 g/mol. The Labute approximate surface area is 81.6 Å². The van der Waals surface area contributed by atoms with Gasteiger partial charge in [-0.25, -0.2) is 0 Å². The molecule has 0 amide bonds. The van der Waals surface area contributed by atoms with Crippen LogP contribution in [0.5, 0.6) is 0 Å². The van der Waals surface area contributed by atoms with E-state index in [1.807, 2.05) is 13.8 Å². The predicted octanol–water partition coefficient (Wildman–Crippen LogP) is 1.08. The zero-order valence-electron chi connectivity index (χ0n) is 7.94. The first-order chi connectivity index (χ1) is 5.95. The Balaban J connectivity index is 3.64. The molecule has 72 valence electrons. The first-order valence-corrected chi connectivity index (χ1v) is 4.44. The molecule has 0 radical (unpaired) electrons. The molecule has 4 nitrogen and oxygen atoms in total. The first-order valence-electron chi connectivity index (χ1n) is 4.03. The van der Waals surface area contributed by atoms with Crippen molar-refractivity contribution in [2.45, 2.75) is 19.9 Å². The molecular formula is C8H13N3OS. The van der Waals surface area contributed by atoms with Gasteiger partial charge in [-0.3, -0.25) is 9.36 Å². The highest BCUT2D eigenvalue weighted by atomic mass is 32.1. The van der Waals surface area contributed by atoms with Gasteiger partial charge in [-0.05, 0) is 26.1 Å². The molecule has 0 saturated carbocycles. The molecule has 0 fully saturated rings. The van der Waals surface area contributed by atoms with Crippen LogP contribution in [0.3, 0.4) is 0 Å². The van der Waals surface area contributed by atoms with Gasteiger partial charge in [0.15, 0.2) is 4.77 Å². The van der Waals surface area contributed by atoms with Crippen LogP contribution in [0.4, 0.5) is 5.82 Å². The molecule has 0 aromatic carbocycles. The molecule has 0 atom stereocenters. The third kappa shape index (κ3) is 1.65. The van der Waals surface area contributed by atoms with E-state index in [-0.39, 0.29) is 11.6 Å². The van der Waals surface area contributed by atoms with E-state index in [1.54, 1.807) is 11.6 Å². The number of nitrogens with two attached hydrogens (primary N) is 1. The summed E-state index contributed by atoms with van der Waals surface area (Å²) in [5, 5.41) is 0. The molecular weight excluding hydrogens is 186 g/mol. The van der Waals surface area contributed by atoms with Crippen LogP contribution in [0, 0.1) is 4.77 Å². The lowest BCUT2D eigenvalue weighted by Gasteiger charge is -2.15. The zero-order valence-corrected chi connectivity index (χ0v) is 8.76. The molecule has 1 rings (SSSR count). The zero-order chi connectivity index (χ0) is 10.2. The Morgan fingerprint density at radius 2 is 2.08 bits per heavy atom. The fourth-order valence-corrected chi connectivity index (χ4v) is 1.58. The number of nitrogen functional groups attached to an aromatic ring is 1. The maximum atomic E-state index is 11.2. The average Bonchev–Trinajstić information content (AvgIpc) is 1.99. The summed E-state index contributed by atoms with van der Waals surface area (Å²) in [6.07, 6.45) is 0. The minimum Gasteiger partial charge on any atom is -0.385 e. The van der Waals surface area contributed by atoms with E-state index >= 15 is 0 Å². The van der Waals surface area contributed by atoms with Crippen LogP contribution in [0.1, 0.15) is 19.9 Å². The van der Waals surface area contributed by atoms with E-state index in [1.165, 1.54) is 10.6 Å². The lowest BCUT2D eigenvalue weighted by atomic mass is 10.4. The summed E-state index contributed by atoms with van der Waals surface area (Å²) < 4.78 is 3.61.